The van der Waals surface area contributed by atoms with Gasteiger partial charge in [-0.3, -0.25) is 4.79 Å². The van der Waals surface area contributed by atoms with E-state index in [2.05, 4.69) is 25.4 Å². The van der Waals surface area contributed by atoms with Crippen LogP contribution in [0.2, 0.25) is 0 Å². The average Bonchev–Trinajstić information content (AvgIpc) is 3.14. The Bertz CT molecular complexity index is 544. The molecule has 0 bridgehead atoms. The predicted octanol–water partition coefficient (Wildman–Crippen LogP) is 0.574. The van der Waals surface area contributed by atoms with Crippen molar-refractivity contribution in [2.45, 2.75) is 25.5 Å². The number of carbonyl (C=O) groups excluding carboxylic acids is 1. The molecule has 0 aromatic carbocycles. The number of ether oxygens (including phenoxy) is 1. The number of imidazole rings is 1. The molecular weight excluding hydrogens is 250 g/mol. The molecule has 100 valence electrons. The van der Waals surface area contributed by atoms with Gasteiger partial charge in [-0.1, -0.05) is 5.16 Å². The number of nitrogens with zero attached hydrogens (tertiary/aromatic N) is 3. The van der Waals surface area contributed by atoms with Crippen molar-refractivity contribution in [3.05, 3.63) is 29.9 Å². The largest absolute Gasteiger partial charge is 0.368 e. The summed E-state index contributed by atoms with van der Waals surface area (Å²) in [6.45, 7) is 0.924. The van der Waals surface area contributed by atoms with Crippen molar-refractivity contribution >= 4 is 5.91 Å². The molecule has 1 aliphatic heterocycles. The van der Waals surface area contributed by atoms with Gasteiger partial charge in [-0.2, -0.15) is 4.98 Å². The second-order valence-electron chi connectivity index (χ2n) is 4.20. The maximum Gasteiger partial charge on any atom is 0.269 e. The standard InChI is InChI=1S/C11H13N5O3/c17-10(7-4-12-6-14-7)13-5-9-15-11(19-16-9)8-2-1-3-18-8/h4,6,8H,1-3,5H2,(H,12,14)(H,13,17)/t8-/m1/s1. The van der Waals surface area contributed by atoms with E-state index in [1.165, 1.54) is 12.5 Å². The number of aromatic amines is 1. The monoisotopic (exact) mass is 263 g/mol. The number of H-pyrrole nitrogens is 1. The topological polar surface area (TPSA) is 106 Å². The van der Waals surface area contributed by atoms with Gasteiger partial charge in [0.15, 0.2) is 5.82 Å². The first kappa shape index (κ1) is 11.8. The minimum atomic E-state index is -0.263. The molecule has 2 N–H and O–H groups in total. The number of aromatic nitrogens is 4. The zero-order valence-corrected chi connectivity index (χ0v) is 10.1. The minimum absolute atomic E-state index is 0.107. The van der Waals surface area contributed by atoms with Gasteiger partial charge in [0.1, 0.15) is 11.8 Å². The van der Waals surface area contributed by atoms with Gasteiger partial charge in [0.05, 0.1) is 19.1 Å². The molecule has 3 heterocycles. The highest BCUT2D eigenvalue weighted by Crippen LogP contribution is 2.26. The number of hydrogen-bond acceptors (Lipinski definition) is 6. The molecule has 0 radical (unpaired) electrons. The van der Waals surface area contributed by atoms with Crippen LogP contribution in [0.15, 0.2) is 17.0 Å². The Hall–Kier alpha value is -2.22. The van der Waals surface area contributed by atoms with Crippen LogP contribution >= 0.6 is 0 Å². The average molecular weight is 263 g/mol. The van der Waals surface area contributed by atoms with Crippen LogP contribution in [0.1, 0.15) is 41.1 Å². The first-order valence-electron chi connectivity index (χ1n) is 6.03. The highest BCUT2D eigenvalue weighted by molar-refractivity contribution is 5.91. The molecule has 8 heteroatoms. The fourth-order valence-electron chi connectivity index (χ4n) is 1.88. The fourth-order valence-corrected chi connectivity index (χ4v) is 1.88. The summed E-state index contributed by atoms with van der Waals surface area (Å²) >= 11 is 0. The molecule has 1 atom stereocenters. The van der Waals surface area contributed by atoms with Crippen molar-refractivity contribution in [1.29, 1.82) is 0 Å². The number of hydrogen-bond donors (Lipinski definition) is 2. The van der Waals surface area contributed by atoms with Gasteiger partial charge in [0.25, 0.3) is 11.8 Å². The third-order valence-electron chi connectivity index (χ3n) is 2.84. The second kappa shape index (κ2) is 5.19. The molecular formula is C11H13N5O3. The predicted molar refractivity (Wildman–Crippen MR) is 62.0 cm³/mol. The molecule has 2 aromatic heterocycles. The molecule has 3 rings (SSSR count). The van der Waals surface area contributed by atoms with Crippen molar-refractivity contribution in [2.24, 2.45) is 0 Å². The van der Waals surface area contributed by atoms with Gasteiger partial charge in [0, 0.05) is 6.61 Å². The Morgan fingerprint density at radius 3 is 3.26 bits per heavy atom. The van der Waals surface area contributed by atoms with Crippen LogP contribution in [-0.2, 0) is 11.3 Å². The maximum atomic E-state index is 11.6. The smallest absolute Gasteiger partial charge is 0.269 e. The zero-order valence-electron chi connectivity index (χ0n) is 10.1. The molecule has 0 aliphatic carbocycles. The molecule has 0 unspecified atom stereocenters. The van der Waals surface area contributed by atoms with Crippen LogP contribution in [0.3, 0.4) is 0 Å². The number of rotatable bonds is 4. The Morgan fingerprint density at radius 2 is 2.53 bits per heavy atom. The molecule has 0 saturated carbocycles. The van der Waals surface area contributed by atoms with Crippen molar-refractivity contribution < 1.29 is 14.1 Å². The molecule has 0 spiro atoms. The van der Waals surface area contributed by atoms with Crippen molar-refractivity contribution in [3.8, 4) is 0 Å². The normalized spacial score (nSPS) is 18.6. The quantitative estimate of drug-likeness (QED) is 0.835. The van der Waals surface area contributed by atoms with Gasteiger partial charge in [-0.05, 0) is 12.8 Å². The fraction of sp³-hybridized carbons (Fsp3) is 0.455. The Balaban J connectivity index is 1.57. The van der Waals surface area contributed by atoms with Gasteiger partial charge in [-0.25, -0.2) is 4.98 Å². The van der Waals surface area contributed by atoms with E-state index in [4.69, 9.17) is 9.26 Å². The van der Waals surface area contributed by atoms with E-state index in [1.807, 2.05) is 0 Å². The molecule has 1 fully saturated rings. The number of carbonyl (C=O) groups is 1. The summed E-state index contributed by atoms with van der Waals surface area (Å²) in [6, 6.07) is 0. The lowest BCUT2D eigenvalue weighted by Gasteiger charge is -2.01. The maximum absolute atomic E-state index is 11.6. The van der Waals surface area contributed by atoms with Gasteiger partial charge >= 0.3 is 0 Å². The SMILES string of the molecule is O=C(NCc1noc([C@H]2CCCO2)n1)c1cnc[nH]1. The van der Waals surface area contributed by atoms with E-state index < -0.39 is 0 Å². The van der Waals surface area contributed by atoms with Crippen molar-refractivity contribution in [3.63, 3.8) is 0 Å². The third-order valence-corrected chi connectivity index (χ3v) is 2.84. The third kappa shape index (κ3) is 2.63. The summed E-state index contributed by atoms with van der Waals surface area (Å²) in [6.07, 6.45) is 4.67. The Morgan fingerprint density at radius 1 is 1.58 bits per heavy atom. The first-order chi connectivity index (χ1) is 9.33. The summed E-state index contributed by atoms with van der Waals surface area (Å²) in [5, 5.41) is 6.48. The Labute approximate surface area is 108 Å². The van der Waals surface area contributed by atoms with Crippen LogP contribution in [0.5, 0.6) is 0 Å². The van der Waals surface area contributed by atoms with Crippen LogP contribution < -0.4 is 5.32 Å². The molecule has 19 heavy (non-hydrogen) atoms. The lowest BCUT2D eigenvalue weighted by Crippen LogP contribution is -2.23. The van der Waals surface area contributed by atoms with Crippen molar-refractivity contribution in [2.75, 3.05) is 6.61 Å². The molecule has 1 amide bonds. The summed E-state index contributed by atoms with van der Waals surface area (Å²) in [4.78, 5) is 22.3. The summed E-state index contributed by atoms with van der Waals surface area (Å²) in [5.41, 5.74) is 0.392. The van der Waals surface area contributed by atoms with Gasteiger partial charge < -0.3 is 19.6 Å². The highest BCUT2D eigenvalue weighted by Gasteiger charge is 2.23. The second-order valence-corrected chi connectivity index (χ2v) is 4.20. The lowest BCUT2D eigenvalue weighted by molar-refractivity contribution is 0.0835. The van der Waals surface area contributed by atoms with E-state index in [-0.39, 0.29) is 18.6 Å². The van der Waals surface area contributed by atoms with Crippen LogP contribution in [0, 0.1) is 0 Å². The lowest BCUT2D eigenvalue weighted by atomic mass is 10.2. The molecule has 8 nitrogen and oxygen atoms in total. The van der Waals surface area contributed by atoms with Crippen molar-refractivity contribution in [1.82, 2.24) is 25.4 Å². The summed E-state index contributed by atoms with van der Waals surface area (Å²) in [7, 11) is 0. The van der Waals surface area contributed by atoms with E-state index >= 15 is 0 Å². The van der Waals surface area contributed by atoms with Crippen LogP contribution in [0.25, 0.3) is 0 Å². The minimum Gasteiger partial charge on any atom is -0.368 e. The summed E-state index contributed by atoms with van der Waals surface area (Å²) < 4.78 is 10.6. The van der Waals surface area contributed by atoms with E-state index in [0.29, 0.717) is 17.4 Å². The highest BCUT2D eigenvalue weighted by atomic mass is 16.5. The van der Waals surface area contributed by atoms with Gasteiger partial charge in [0.2, 0.25) is 0 Å². The Kier molecular flexibility index (Phi) is 3.23. The molecule has 1 saturated heterocycles. The zero-order chi connectivity index (χ0) is 13.1. The van der Waals surface area contributed by atoms with E-state index in [0.717, 1.165) is 19.4 Å². The number of amides is 1. The number of nitrogens with one attached hydrogen (secondary N) is 2. The van der Waals surface area contributed by atoms with Gasteiger partial charge in [-0.15, -0.1) is 0 Å². The molecule has 2 aromatic rings. The van der Waals surface area contributed by atoms with E-state index in [1.54, 1.807) is 0 Å². The molecule has 1 aliphatic rings. The van der Waals surface area contributed by atoms with Crippen LogP contribution in [-0.4, -0.2) is 32.6 Å². The van der Waals surface area contributed by atoms with E-state index in [9.17, 15) is 4.79 Å². The first-order valence-corrected chi connectivity index (χ1v) is 6.03. The van der Waals surface area contributed by atoms with Crippen LogP contribution in [0.4, 0.5) is 0 Å². The summed E-state index contributed by atoms with van der Waals surface area (Å²) in [5.74, 6) is 0.641.